The quantitative estimate of drug-likeness (QED) is 0.860. The molecule has 1 aromatic heterocycles. The molecule has 0 radical (unpaired) electrons. The second-order valence-corrected chi connectivity index (χ2v) is 6.65. The first kappa shape index (κ1) is 13.3. The van der Waals surface area contributed by atoms with Gasteiger partial charge in [0.2, 0.25) is 10.0 Å². The van der Waals surface area contributed by atoms with E-state index >= 15 is 0 Å². The average Bonchev–Trinajstić information content (AvgIpc) is 3.04. The minimum absolute atomic E-state index is 0.242. The second-order valence-electron chi connectivity index (χ2n) is 4.88. The van der Waals surface area contributed by atoms with Crippen molar-refractivity contribution < 1.29 is 8.42 Å². The van der Waals surface area contributed by atoms with Gasteiger partial charge < -0.3 is 5.32 Å². The van der Waals surface area contributed by atoms with Crippen molar-refractivity contribution >= 4 is 10.0 Å². The van der Waals surface area contributed by atoms with Crippen LogP contribution in [0.5, 0.6) is 0 Å². The van der Waals surface area contributed by atoms with Gasteiger partial charge in [-0.1, -0.05) is 6.07 Å². The van der Waals surface area contributed by atoms with Gasteiger partial charge >= 0.3 is 0 Å². The summed E-state index contributed by atoms with van der Waals surface area (Å²) in [6.45, 7) is 1.77. The molecule has 1 aromatic carbocycles. The van der Waals surface area contributed by atoms with Gasteiger partial charge in [-0.25, -0.2) is 13.1 Å². The number of aromatic nitrogens is 2. The lowest BCUT2D eigenvalue weighted by Gasteiger charge is -2.07. The van der Waals surface area contributed by atoms with Gasteiger partial charge in [0.1, 0.15) is 0 Å². The first-order valence-corrected chi connectivity index (χ1v) is 7.83. The van der Waals surface area contributed by atoms with Crippen molar-refractivity contribution in [3.05, 3.63) is 47.3 Å². The molecule has 0 aliphatic carbocycles. The molecule has 0 amide bonds. The molecule has 0 unspecified atom stereocenters. The highest BCUT2D eigenvalue weighted by molar-refractivity contribution is 7.89. The minimum atomic E-state index is -3.49. The third kappa shape index (κ3) is 2.60. The van der Waals surface area contributed by atoms with E-state index in [0.29, 0.717) is 4.90 Å². The van der Waals surface area contributed by atoms with Gasteiger partial charge in [-0.15, -0.1) is 0 Å². The molecule has 0 saturated carbocycles. The van der Waals surface area contributed by atoms with Crippen LogP contribution in [0.3, 0.4) is 0 Å². The lowest BCUT2D eigenvalue weighted by molar-refractivity contribution is 0.581. The van der Waals surface area contributed by atoms with E-state index in [2.05, 4.69) is 15.1 Å². The zero-order valence-electron chi connectivity index (χ0n) is 11.1. The maximum absolute atomic E-state index is 12.3. The number of benzene rings is 1. The van der Waals surface area contributed by atoms with Crippen LogP contribution in [-0.4, -0.2) is 18.2 Å². The number of nitrogens with one attached hydrogen (secondary N) is 2. The van der Waals surface area contributed by atoms with E-state index in [1.165, 1.54) is 0 Å². The normalized spacial score (nSPS) is 14.4. The summed E-state index contributed by atoms with van der Waals surface area (Å²) in [4.78, 5) is 0.309. The summed E-state index contributed by atoms with van der Waals surface area (Å²) in [6.07, 6.45) is 3.43. The third-order valence-electron chi connectivity index (χ3n) is 3.34. The molecule has 0 saturated heterocycles. The lowest BCUT2D eigenvalue weighted by atomic mass is 10.1. The summed E-state index contributed by atoms with van der Waals surface area (Å²) in [5, 5.41) is 7.21. The van der Waals surface area contributed by atoms with Crippen LogP contribution in [0, 0.1) is 0 Å². The number of sulfonamides is 1. The van der Waals surface area contributed by atoms with Crippen molar-refractivity contribution in [2.75, 3.05) is 0 Å². The highest BCUT2D eigenvalue weighted by Crippen LogP contribution is 2.20. The molecule has 2 N–H and O–H groups in total. The minimum Gasteiger partial charge on any atom is -0.309 e. The van der Waals surface area contributed by atoms with Gasteiger partial charge in [0, 0.05) is 38.4 Å². The Morgan fingerprint density at radius 1 is 1.35 bits per heavy atom. The predicted octanol–water partition coefficient (Wildman–Crippen LogP) is 0.502. The highest BCUT2D eigenvalue weighted by Gasteiger charge is 2.18. The van der Waals surface area contributed by atoms with Crippen LogP contribution in [0.4, 0.5) is 0 Å². The standard InChI is InChI=1S/C13H16N4O2S/c1-17-9-10(5-15-17)6-16-20(18,19)13-3-2-11-7-14-8-12(11)4-13/h2-5,9,14,16H,6-8H2,1H3. The molecule has 2 heterocycles. The van der Waals surface area contributed by atoms with Crippen molar-refractivity contribution in [3.63, 3.8) is 0 Å². The van der Waals surface area contributed by atoms with E-state index in [9.17, 15) is 8.42 Å². The highest BCUT2D eigenvalue weighted by atomic mass is 32.2. The van der Waals surface area contributed by atoms with Crippen molar-refractivity contribution in [1.82, 2.24) is 19.8 Å². The summed E-state index contributed by atoms with van der Waals surface area (Å²) in [5.74, 6) is 0. The Morgan fingerprint density at radius 2 is 2.15 bits per heavy atom. The Bertz CT molecular complexity index is 737. The zero-order chi connectivity index (χ0) is 14.2. The number of fused-ring (bicyclic) bond motifs is 1. The van der Waals surface area contributed by atoms with Crippen molar-refractivity contribution in [2.45, 2.75) is 24.5 Å². The van der Waals surface area contributed by atoms with Crippen molar-refractivity contribution in [2.24, 2.45) is 7.05 Å². The van der Waals surface area contributed by atoms with Gasteiger partial charge in [0.25, 0.3) is 0 Å². The SMILES string of the molecule is Cn1cc(CNS(=O)(=O)c2ccc3c(c2)CNC3)cn1. The summed E-state index contributed by atoms with van der Waals surface area (Å²) in [5.41, 5.74) is 3.05. The van der Waals surface area contributed by atoms with Gasteiger partial charge in [-0.2, -0.15) is 5.10 Å². The Balaban J connectivity index is 1.78. The van der Waals surface area contributed by atoms with E-state index in [0.717, 1.165) is 29.8 Å². The van der Waals surface area contributed by atoms with Gasteiger partial charge in [-0.05, 0) is 23.3 Å². The van der Waals surface area contributed by atoms with Crippen LogP contribution in [0.25, 0.3) is 0 Å². The molecule has 0 fully saturated rings. The molecule has 1 aliphatic heterocycles. The first-order chi connectivity index (χ1) is 9.54. The molecule has 6 nitrogen and oxygen atoms in total. The van der Waals surface area contributed by atoms with Gasteiger partial charge in [0.05, 0.1) is 11.1 Å². The van der Waals surface area contributed by atoms with E-state index in [-0.39, 0.29) is 6.54 Å². The predicted molar refractivity (Wildman–Crippen MR) is 74.2 cm³/mol. The van der Waals surface area contributed by atoms with Crippen LogP contribution in [-0.2, 0) is 36.7 Å². The number of hydrogen-bond donors (Lipinski definition) is 2. The Hall–Kier alpha value is -1.70. The maximum atomic E-state index is 12.3. The molecule has 1 aliphatic rings. The van der Waals surface area contributed by atoms with E-state index < -0.39 is 10.0 Å². The summed E-state index contributed by atoms with van der Waals surface area (Å²) in [6, 6.07) is 5.26. The van der Waals surface area contributed by atoms with Crippen LogP contribution < -0.4 is 10.0 Å². The molecule has 0 bridgehead atoms. The topological polar surface area (TPSA) is 76.0 Å². The Kier molecular flexibility index (Phi) is 3.33. The molecular formula is C13H16N4O2S. The van der Waals surface area contributed by atoms with Crippen molar-refractivity contribution in [1.29, 1.82) is 0 Å². The second kappa shape index (κ2) is 5.01. The third-order valence-corrected chi connectivity index (χ3v) is 4.74. The smallest absolute Gasteiger partial charge is 0.240 e. The van der Waals surface area contributed by atoms with Crippen LogP contribution in [0.15, 0.2) is 35.5 Å². The number of hydrogen-bond acceptors (Lipinski definition) is 4. The van der Waals surface area contributed by atoms with Gasteiger partial charge in [0.15, 0.2) is 0 Å². The summed E-state index contributed by atoms with van der Waals surface area (Å²) >= 11 is 0. The number of nitrogens with zero attached hydrogens (tertiary/aromatic N) is 2. The lowest BCUT2D eigenvalue weighted by Crippen LogP contribution is -2.23. The van der Waals surface area contributed by atoms with E-state index in [1.807, 2.05) is 6.07 Å². The fraction of sp³-hybridized carbons (Fsp3) is 0.308. The molecule has 0 atom stereocenters. The molecule has 3 rings (SSSR count). The summed E-state index contributed by atoms with van der Waals surface area (Å²) < 4.78 is 28.7. The average molecular weight is 292 g/mol. The largest absolute Gasteiger partial charge is 0.309 e. The van der Waals surface area contributed by atoms with Crippen LogP contribution in [0.2, 0.25) is 0 Å². The molecule has 20 heavy (non-hydrogen) atoms. The number of aryl methyl sites for hydroxylation is 1. The van der Waals surface area contributed by atoms with E-state index in [1.54, 1.807) is 36.3 Å². The van der Waals surface area contributed by atoms with Gasteiger partial charge in [-0.3, -0.25) is 4.68 Å². The molecule has 0 spiro atoms. The molecular weight excluding hydrogens is 276 g/mol. The van der Waals surface area contributed by atoms with Crippen LogP contribution in [0.1, 0.15) is 16.7 Å². The zero-order valence-corrected chi connectivity index (χ0v) is 11.9. The Morgan fingerprint density at radius 3 is 2.90 bits per heavy atom. The maximum Gasteiger partial charge on any atom is 0.240 e. The summed E-state index contributed by atoms with van der Waals surface area (Å²) in [7, 11) is -1.69. The first-order valence-electron chi connectivity index (χ1n) is 6.34. The van der Waals surface area contributed by atoms with Crippen LogP contribution >= 0.6 is 0 Å². The fourth-order valence-electron chi connectivity index (χ4n) is 2.26. The molecule has 2 aromatic rings. The Labute approximate surface area is 117 Å². The molecule has 106 valence electrons. The number of rotatable bonds is 4. The molecule has 7 heteroatoms. The fourth-order valence-corrected chi connectivity index (χ4v) is 3.33. The van der Waals surface area contributed by atoms with E-state index in [4.69, 9.17) is 0 Å². The monoisotopic (exact) mass is 292 g/mol. The van der Waals surface area contributed by atoms with Crippen molar-refractivity contribution in [3.8, 4) is 0 Å².